The summed E-state index contributed by atoms with van der Waals surface area (Å²) in [7, 11) is 1.54. The van der Waals surface area contributed by atoms with Crippen LogP contribution >= 0.6 is 27.5 Å². The number of hydrogen-bond donors (Lipinski definition) is 2. The van der Waals surface area contributed by atoms with Crippen LogP contribution in [0.15, 0.2) is 18.2 Å². The first kappa shape index (κ1) is 13.8. The van der Waals surface area contributed by atoms with Crippen molar-refractivity contribution in [3.8, 4) is 5.75 Å². The fraction of sp³-hybridized carbons (Fsp3) is 0.455. The third-order valence-electron chi connectivity index (χ3n) is 2.29. The summed E-state index contributed by atoms with van der Waals surface area (Å²) in [6, 6.07) is 4.97. The monoisotopic (exact) mass is 308 g/mol. The molecule has 0 bridgehead atoms. The molecule has 0 aliphatic heterocycles. The van der Waals surface area contributed by atoms with E-state index in [0.29, 0.717) is 28.1 Å². The summed E-state index contributed by atoms with van der Waals surface area (Å²) in [5.74, 6) is 0.601. The Kier molecular flexibility index (Phi) is 5.55. The van der Waals surface area contributed by atoms with E-state index in [-0.39, 0.29) is 0 Å². The zero-order valence-electron chi connectivity index (χ0n) is 8.86. The first-order chi connectivity index (χ1) is 7.60. The van der Waals surface area contributed by atoms with Gasteiger partial charge in [0.2, 0.25) is 0 Å². The zero-order valence-corrected chi connectivity index (χ0v) is 11.2. The Labute approximate surface area is 108 Å². The van der Waals surface area contributed by atoms with Gasteiger partial charge in [-0.15, -0.1) is 0 Å². The third-order valence-corrected chi connectivity index (χ3v) is 3.09. The molecule has 0 aliphatic rings. The highest BCUT2D eigenvalue weighted by atomic mass is 79.9. The van der Waals surface area contributed by atoms with E-state index in [0.717, 1.165) is 0 Å². The van der Waals surface area contributed by atoms with E-state index in [1.165, 1.54) is 7.11 Å². The first-order valence-corrected chi connectivity index (χ1v) is 6.35. The Balaban J connectivity index is 2.92. The SMILES string of the molecule is COc1ccc(Cl)c(C(O)C(O)CCBr)c1. The minimum atomic E-state index is -1.000. The number of aliphatic hydroxyl groups excluding tert-OH is 2. The standard InChI is InChI=1S/C11H14BrClO3/c1-16-7-2-3-9(13)8(6-7)11(15)10(14)4-5-12/h2-3,6,10-11,14-15H,4-5H2,1H3. The fourth-order valence-corrected chi connectivity index (χ4v) is 2.05. The van der Waals surface area contributed by atoms with Gasteiger partial charge in [-0.2, -0.15) is 0 Å². The van der Waals surface area contributed by atoms with E-state index in [1.54, 1.807) is 18.2 Å². The molecule has 5 heteroatoms. The molecule has 1 aromatic carbocycles. The van der Waals surface area contributed by atoms with Crippen molar-refractivity contribution in [2.24, 2.45) is 0 Å². The van der Waals surface area contributed by atoms with E-state index >= 15 is 0 Å². The molecular formula is C11H14BrClO3. The summed E-state index contributed by atoms with van der Waals surface area (Å²) in [6.45, 7) is 0. The minimum Gasteiger partial charge on any atom is -0.497 e. The number of aliphatic hydroxyl groups is 2. The molecule has 2 N–H and O–H groups in total. The lowest BCUT2D eigenvalue weighted by Crippen LogP contribution is -2.19. The number of hydrogen-bond acceptors (Lipinski definition) is 3. The van der Waals surface area contributed by atoms with Gasteiger partial charge >= 0.3 is 0 Å². The van der Waals surface area contributed by atoms with Crippen LogP contribution < -0.4 is 4.74 Å². The molecule has 90 valence electrons. The molecule has 0 radical (unpaired) electrons. The van der Waals surface area contributed by atoms with Crippen LogP contribution in [0, 0.1) is 0 Å². The fourth-order valence-electron chi connectivity index (χ4n) is 1.35. The summed E-state index contributed by atoms with van der Waals surface area (Å²) < 4.78 is 5.04. The van der Waals surface area contributed by atoms with Crippen LogP contribution in [0.4, 0.5) is 0 Å². The number of ether oxygens (including phenoxy) is 1. The number of rotatable bonds is 5. The predicted molar refractivity (Wildman–Crippen MR) is 67.4 cm³/mol. The zero-order chi connectivity index (χ0) is 12.1. The molecule has 0 fully saturated rings. The van der Waals surface area contributed by atoms with Crippen LogP contribution in [0.2, 0.25) is 5.02 Å². The normalized spacial score (nSPS) is 14.6. The van der Waals surface area contributed by atoms with E-state index in [1.807, 2.05) is 0 Å². The maximum absolute atomic E-state index is 9.91. The molecule has 0 saturated heterocycles. The Bertz CT molecular complexity index is 346. The molecule has 0 aromatic heterocycles. The molecule has 1 rings (SSSR count). The highest BCUT2D eigenvalue weighted by Crippen LogP contribution is 2.30. The van der Waals surface area contributed by atoms with Crippen molar-refractivity contribution in [2.75, 3.05) is 12.4 Å². The van der Waals surface area contributed by atoms with Crippen LogP contribution in [0.5, 0.6) is 5.75 Å². The third kappa shape index (κ3) is 3.35. The summed E-state index contributed by atoms with van der Waals surface area (Å²) in [5, 5.41) is 20.6. The molecule has 1 aromatic rings. The average molecular weight is 310 g/mol. The smallest absolute Gasteiger partial charge is 0.119 e. The largest absolute Gasteiger partial charge is 0.497 e. The summed E-state index contributed by atoms with van der Waals surface area (Å²) in [5.41, 5.74) is 0.481. The van der Waals surface area contributed by atoms with E-state index in [4.69, 9.17) is 16.3 Å². The van der Waals surface area contributed by atoms with Gasteiger partial charge in [0.1, 0.15) is 11.9 Å². The molecule has 2 unspecified atom stereocenters. The Morgan fingerprint density at radius 1 is 1.44 bits per heavy atom. The van der Waals surface area contributed by atoms with E-state index in [9.17, 15) is 10.2 Å². The van der Waals surface area contributed by atoms with Gasteiger partial charge in [0, 0.05) is 15.9 Å². The maximum atomic E-state index is 9.91. The van der Waals surface area contributed by atoms with Crippen LogP contribution in [-0.4, -0.2) is 28.8 Å². The Morgan fingerprint density at radius 2 is 2.12 bits per heavy atom. The molecule has 3 nitrogen and oxygen atoms in total. The van der Waals surface area contributed by atoms with Crippen molar-refractivity contribution in [1.29, 1.82) is 0 Å². The van der Waals surface area contributed by atoms with E-state index < -0.39 is 12.2 Å². The van der Waals surface area contributed by atoms with Gasteiger partial charge in [-0.05, 0) is 24.6 Å². The highest BCUT2D eigenvalue weighted by Gasteiger charge is 2.20. The van der Waals surface area contributed by atoms with Crippen molar-refractivity contribution in [2.45, 2.75) is 18.6 Å². The van der Waals surface area contributed by atoms with Crippen molar-refractivity contribution >= 4 is 27.5 Å². The van der Waals surface area contributed by atoms with Crippen molar-refractivity contribution < 1.29 is 14.9 Å². The minimum absolute atomic E-state index is 0.418. The van der Waals surface area contributed by atoms with Crippen LogP contribution in [0.3, 0.4) is 0 Å². The van der Waals surface area contributed by atoms with Crippen molar-refractivity contribution in [3.63, 3.8) is 0 Å². The van der Waals surface area contributed by atoms with Crippen molar-refractivity contribution in [1.82, 2.24) is 0 Å². The predicted octanol–water partition coefficient (Wildman–Crippen LogP) is 2.53. The average Bonchev–Trinajstić information content (AvgIpc) is 2.29. The second kappa shape index (κ2) is 6.45. The second-order valence-corrected chi connectivity index (χ2v) is 4.58. The van der Waals surface area contributed by atoms with Gasteiger partial charge in [0.25, 0.3) is 0 Å². The second-order valence-electron chi connectivity index (χ2n) is 3.38. The van der Waals surface area contributed by atoms with Gasteiger partial charge in [0.15, 0.2) is 0 Å². The quantitative estimate of drug-likeness (QED) is 0.822. The molecule has 0 amide bonds. The molecule has 0 spiro atoms. The Hall–Kier alpha value is -0.290. The summed E-state index contributed by atoms with van der Waals surface area (Å²) >= 11 is 9.16. The number of alkyl halides is 1. The lowest BCUT2D eigenvalue weighted by Gasteiger charge is -2.19. The molecule has 0 heterocycles. The summed E-state index contributed by atoms with van der Waals surface area (Å²) in [4.78, 5) is 0. The number of benzene rings is 1. The first-order valence-electron chi connectivity index (χ1n) is 4.85. The van der Waals surface area contributed by atoms with E-state index in [2.05, 4.69) is 15.9 Å². The highest BCUT2D eigenvalue weighted by molar-refractivity contribution is 9.09. The van der Waals surface area contributed by atoms with Crippen LogP contribution in [0.1, 0.15) is 18.1 Å². The maximum Gasteiger partial charge on any atom is 0.119 e. The molecule has 0 aliphatic carbocycles. The van der Waals surface area contributed by atoms with Gasteiger partial charge in [-0.1, -0.05) is 27.5 Å². The molecule has 16 heavy (non-hydrogen) atoms. The van der Waals surface area contributed by atoms with Gasteiger partial charge in [-0.3, -0.25) is 0 Å². The van der Waals surface area contributed by atoms with Gasteiger partial charge < -0.3 is 14.9 Å². The lowest BCUT2D eigenvalue weighted by atomic mass is 10.0. The molecule has 2 atom stereocenters. The lowest BCUT2D eigenvalue weighted by molar-refractivity contribution is 0.0173. The molecule has 0 saturated carbocycles. The van der Waals surface area contributed by atoms with Crippen LogP contribution in [-0.2, 0) is 0 Å². The summed E-state index contributed by atoms with van der Waals surface area (Å²) in [6.07, 6.45) is -1.39. The van der Waals surface area contributed by atoms with Crippen LogP contribution in [0.25, 0.3) is 0 Å². The Morgan fingerprint density at radius 3 is 2.69 bits per heavy atom. The topological polar surface area (TPSA) is 49.7 Å². The van der Waals surface area contributed by atoms with Crippen molar-refractivity contribution in [3.05, 3.63) is 28.8 Å². The molecular weight excluding hydrogens is 295 g/mol. The van der Waals surface area contributed by atoms with Gasteiger partial charge in [0.05, 0.1) is 13.2 Å². The van der Waals surface area contributed by atoms with Gasteiger partial charge in [-0.25, -0.2) is 0 Å². The number of halogens is 2. The number of methoxy groups -OCH3 is 1.